The quantitative estimate of drug-likeness (QED) is 0.346. The fourth-order valence-electron chi connectivity index (χ4n) is 4.05. The Morgan fingerprint density at radius 1 is 0.970 bits per heavy atom. The predicted octanol–water partition coefficient (Wildman–Crippen LogP) is 7.62. The lowest BCUT2D eigenvalue weighted by Gasteiger charge is -2.19. The van der Waals surface area contributed by atoms with E-state index in [1.807, 2.05) is 6.20 Å². The van der Waals surface area contributed by atoms with Crippen molar-refractivity contribution in [1.29, 1.82) is 0 Å². The molecule has 0 saturated carbocycles. The molecule has 0 spiro atoms. The Bertz CT molecular complexity index is 1310. The van der Waals surface area contributed by atoms with Crippen molar-refractivity contribution in [3.8, 4) is 0 Å². The van der Waals surface area contributed by atoms with E-state index in [9.17, 15) is 0 Å². The van der Waals surface area contributed by atoms with Gasteiger partial charge in [-0.3, -0.25) is 4.99 Å². The fraction of sp³-hybridized carbons (Fsp3) is 0.207. The lowest BCUT2D eigenvalue weighted by molar-refractivity contribution is 0.590. The van der Waals surface area contributed by atoms with Crippen molar-refractivity contribution in [2.45, 2.75) is 32.7 Å². The maximum absolute atomic E-state index is 5.04. The molecular weight excluding hydrogens is 422 g/mol. The number of hydrogen-bond donors (Lipinski definition) is 1. The average molecular weight is 452 g/mol. The van der Waals surface area contributed by atoms with Crippen molar-refractivity contribution in [3.63, 3.8) is 0 Å². The average Bonchev–Trinajstić information content (AvgIpc) is 3.44. The van der Waals surface area contributed by atoms with Crippen LogP contribution in [0.25, 0.3) is 17.0 Å². The second-order valence-electron chi connectivity index (χ2n) is 9.50. The van der Waals surface area contributed by atoms with Crippen LogP contribution in [0.15, 0.2) is 95.0 Å². The first-order chi connectivity index (χ1) is 16.0. The maximum Gasteiger partial charge on any atom is 0.169 e. The number of fused-ring (bicyclic) bond motifs is 1. The van der Waals surface area contributed by atoms with E-state index >= 15 is 0 Å². The van der Waals surface area contributed by atoms with Gasteiger partial charge in [-0.25, -0.2) is 0 Å². The molecule has 0 aliphatic carbocycles. The summed E-state index contributed by atoms with van der Waals surface area (Å²) < 4.78 is 0. The third-order valence-corrected chi connectivity index (χ3v) is 7.00. The van der Waals surface area contributed by atoms with Gasteiger partial charge in [0, 0.05) is 22.3 Å². The largest absolute Gasteiger partial charge is 0.361 e. The van der Waals surface area contributed by atoms with Gasteiger partial charge in [-0.1, -0.05) is 81.1 Å². The number of nitrogens with zero attached hydrogens (tertiary/aromatic N) is 2. The summed E-state index contributed by atoms with van der Waals surface area (Å²) in [5, 5.41) is 2.29. The molecule has 2 heterocycles. The van der Waals surface area contributed by atoms with Gasteiger partial charge in [0.25, 0.3) is 0 Å². The molecule has 0 amide bonds. The Morgan fingerprint density at radius 3 is 2.52 bits per heavy atom. The topological polar surface area (TPSA) is 31.4 Å². The van der Waals surface area contributed by atoms with E-state index in [-0.39, 0.29) is 5.41 Å². The summed E-state index contributed by atoms with van der Waals surface area (Å²) in [6, 6.07) is 28.1. The van der Waals surface area contributed by atoms with Gasteiger partial charge in [0.2, 0.25) is 0 Å². The number of nitrogens with one attached hydrogen (secondary N) is 1. The Kier molecular flexibility index (Phi) is 5.86. The van der Waals surface area contributed by atoms with Gasteiger partial charge in [0.1, 0.15) is 0 Å². The number of rotatable bonds is 4. The van der Waals surface area contributed by atoms with Crippen LogP contribution in [0.5, 0.6) is 0 Å². The van der Waals surface area contributed by atoms with E-state index in [0.717, 1.165) is 11.7 Å². The van der Waals surface area contributed by atoms with E-state index < -0.39 is 0 Å². The summed E-state index contributed by atoms with van der Waals surface area (Å²) in [7, 11) is 0. The molecule has 4 aromatic rings. The molecule has 33 heavy (non-hydrogen) atoms. The number of amidine groups is 1. The Morgan fingerprint density at radius 2 is 1.76 bits per heavy atom. The Labute approximate surface area is 200 Å². The van der Waals surface area contributed by atoms with E-state index in [2.05, 4.69) is 116 Å². The maximum atomic E-state index is 5.04. The van der Waals surface area contributed by atoms with Crippen LogP contribution in [0.1, 0.15) is 37.5 Å². The van der Waals surface area contributed by atoms with Crippen molar-refractivity contribution in [3.05, 3.63) is 107 Å². The summed E-state index contributed by atoms with van der Waals surface area (Å²) in [6.45, 7) is 8.25. The first-order valence-electron chi connectivity index (χ1n) is 11.4. The monoisotopic (exact) mass is 451 g/mol. The normalized spacial score (nSPS) is 16.9. The number of thioether (sulfide) groups is 1. The second-order valence-corrected chi connectivity index (χ2v) is 10.6. The van der Waals surface area contributed by atoms with E-state index in [4.69, 9.17) is 4.99 Å². The van der Waals surface area contributed by atoms with E-state index in [1.54, 1.807) is 11.8 Å². The van der Waals surface area contributed by atoms with Crippen LogP contribution in [0.2, 0.25) is 0 Å². The molecule has 1 saturated heterocycles. The van der Waals surface area contributed by atoms with Crippen molar-refractivity contribution < 1.29 is 0 Å². The van der Waals surface area contributed by atoms with Crippen LogP contribution in [-0.2, 0) is 12.0 Å². The predicted molar refractivity (Wildman–Crippen MR) is 144 cm³/mol. The zero-order valence-electron chi connectivity index (χ0n) is 19.4. The van der Waals surface area contributed by atoms with Crippen molar-refractivity contribution >= 4 is 39.6 Å². The standard InChI is InChI=1S/C29H29N3S/c1-29(2,3)24-12-9-21(10-13-24)19-31-28-32(25-7-5-4-6-8-25)20-26(33-28)18-22-11-14-27-23(17-22)15-16-30-27/h4-18,30H,19-20H2,1-3H3/b26-18-,31-28?. The molecule has 1 aliphatic heterocycles. The molecule has 1 aliphatic rings. The zero-order valence-corrected chi connectivity index (χ0v) is 20.2. The Balaban J connectivity index is 1.41. The summed E-state index contributed by atoms with van der Waals surface area (Å²) in [5.74, 6) is 0. The van der Waals surface area contributed by atoms with Crippen molar-refractivity contribution in [2.75, 3.05) is 11.4 Å². The van der Waals surface area contributed by atoms with Gasteiger partial charge < -0.3 is 9.88 Å². The third kappa shape index (κ3) is 4.91. The minimum Gasteiger partial charge on any atom is -0.361 e. The van der Waals surface area contributed by atoms with Gasteiger partial charge in [-0.15, -0.1) is 0 Å². The van der Waals surface area contributed by atoms with Gasteiger partial charge in [0.15, 0.2) is 5.17 Å². The molecule has 1 fully saturated rings. The molecule has 0 bridgehead atoms. The second kappa shape index (κ2) is 8.95. The molecule has 166 valence electrons. The fourth-order valence-corrected chi connectivity index (χ4v) is 5.08. The number of aliphatic imine (C=N–C) groups is 1. The minimum absolute atomic E-state index is 0.166. The first kappa shape index (κ1) is 21.6. The van der Waals surface area contributed by atoms with E-state index in [0.29, 0.717) is 6.54 Å². The molecule has 3 nitrogen and oxygen atoms in total. The lowest BCUT2D eigenvalue weighted by Crippen LogP contribution is -2.23. The lowest BCUT2D eigenvalue weighted by atomic mass is 9.87. The summed E-state index contributed by atoms with van der Waals surface area (Å²) in [6.07, 6.45) is 4.27. The molecule has 0 radical (unpaired) electrons. The zero-order chi connectivity index (χ0) is 22.8. The number of anilines is 1. The van der Waals surface area contributed by atoms with Crippen LogP contribution < -0.4 is 4.90 Å². The third-order valence-electron chi connectivity index (χ3n) is 5.96. The number of aromatic amines is 1. The molecule has 4 heteroatoms. The number of hydrogen-bond acceptors (Lipinski definition) is 2. The van der Waals surface area contributed by atoms with E-state index in [1.165, 1.54) is 38.2 Å². The highest BCUT2D eigenvalue weighted by Crippen LogP contribution is 2.35. The smallest absolute Gasteiger partial charge is 0.169 e. The summed E-state index contributed by atoms with van der Waals surface area (Å²) in [4.78, 5) is 11.9. The van der Waals surface area contributed by atoms with Crippen molar-refractivity contribution in [2.24, 2.45) is 4.99 Å². The van der Waals surface area contributed by atoms with Gasteiger partial charge >= 0.3 is 0 Å². The Hall–Kier alpha value is -3.24. The summed E-state index contributed by atoms with van der Waals surface area (Å²) >= 11 is 1.77. The van der Waals surface area contributed by atoms with Crippen LogP contribution in [-0.4, -0.2) is 16.7 Å². The SMILES string of the molecule is CC(C)(C)c1ccc(CN=C2S/C(=C\c3ccc4[nH]ccc4c3)CN2c2ccccc2)cc1. The highest BCUT2D eigenvalue weighted by atomic mass is 32.2. The highest BCUT2D eigenvalue weighted by molar-refractivity contribution is 8.18. The van der Waals surface area contributed by atoms with Gasteiger partial charge in [-0.05, 0) is 63.9 Å². The van der Waals surface area contributed by atoms with Crippen LogP contribution >= 0.6 is 11.8 Å². The van der Waals surface area contributed by atoms with Gasteiger partial charge in [-0.2, -0.15) is 0 Å². The number of para-hydroxylation sites is 1. The van der Waals surface area contributed by atoms with Gasteiger partial charge in [0.05, 0.1) is 13.1 Å². The molecule has 3 aromatic carbocycles. The molecule has 0 atom stereocenters. The van der Waals surface area contributed by atoms with Crippen LogP contribution in [0, 0.1) is 0 Å². The van der Waals surface area contributed by atoms with Crippen LogP contribution in [0.4, 0.5) is 5.69 Å². The molecular formula is C29H29N3S. The first-order valence-corrected chi connectivity index (χ1v) is 12.2. The number of aromatic nitrogens is 1. The molecule has 0 unspecified atom stereocenters. The highest BCUT2D eigenvalue weighted by Gasteiger charge is 2.25. The molecule has 5 rings (SSSR count). The van der Waals surface area contributed by atoms with Crippen molar-refractivity contribution in [1.82, 2.24) is 4.98 Å². The van der Waals surface area contributed by atoms with Crippen LogP contribution in [0.3, 0.4) is 0 Å². The molecule has 1 aromatic heterocycles. The summed E-state index contributed by atoms with van der Waals surface area (Å²) in [5.41, 5.74) is 6.32. The number of H-pyrrole nitrogens is 1. The molecule has 1 N–H and O–H groups in total. The number of benzene rings is 3. The minimum atomic E-state index is 0.166.